The summed E-state index contributed by atoms with van der Waals surface area (Å²) in [5.74, 6) is -0.317. The molecule has 2 aromatic rings. The Balaban J connectivity index is 1.49. The lowest BCUT2D eigenvalue weighted by Gasteiger charge is -2.11. The molecule has 0 aliphatic carbocycles. The van der Waals surface area contributed by atoms with Crippen LogP contribution in [0.3, 0.4) is 0 Å². The molecule has 25 heavy (non-hydrogen) atoms. The van der Waals surface area contributed by atoms with Gasteiger partial charge in [0.2, 0.25) is 0 Å². The van der Waals surface area contributed by atoms with Crippen LogP contribution in [0, 0.1) is 5.82 Å². The Morgan fingerprint density at radius 2 is 1.88 bits per heavy atom. The zero-order valence-corrected chi connectivity index (χ0v) is 13.2. The number of rotatable bonds is 5. The van der Waals surface area contributed by atoms with Gasteiger partial charge in [-0.15, -0.1) is 0 Å². The molecule has 0 bridgehead atoms. The molecule has 1 heterocycles. The number of nitrogens with zero attached hydrogens (tertiary/aromatic N) is 1. The average molecular weight is 352 g/mol. The minimum absolute atomic E-state index is 0.203. The molecule has 0 amide bonds. The zero-order chi connectivity index (χ0) is 17.9. The van der Waals surface area contributed by atoms with Crippen LogP contribution in [0.2, 0.25) is 0 Å². The Morgan fingerprint density at radius 3 is 2.60 bits per heavy atom. The van der Waals surface area contributed by atoms with Crippen molar-refractivity contribution in [2.45, 2.75) is 25.2 Å². The maximum absolute atomic E-state index is 12.9. The smallest absolute Gasteiger partial charge is 0.390 e. The number of alkyl halides is 3. The van der Waals surface area contributed by atoms with Gasteiger partial charge in [-0.05, 0) is 29.3 Å². The molecule has 0 saturated carbocycles. The van der Waals surface area contributed by atoms with Gasteiger partial charge in [0.15, 0.2) is 0 Å². The predicted molar refractivity (Wildman–Crippen MR) is 85.6 cm³/mol. The lowest BCUT2D eigenvalue weighted by Crippen LogP contribution is -2.26. The van der Waals surface area contributed by atoms with Crippen molar-refractivity contribution < 1.29 is 22.4 Å². The molecule has 1 aliphatic rings. The van der Waals surface area contributed by atoms with E-state index in [0.29, 0.717) is 25.1 Å². The molecule has 132 valence electrons. The molecule has 2 aromatic carbocycles. The van der Waals surface area contributed by atoms with Crippen LogP contribution < -0.4 is 5.32 Å². The molecule has 0 aromatic heterocycles. The van der Waals surface area contributed by atoms with Gasteiger partial charge in [-0.1, -0.05) is 35.5 Å². The maximum Gasteiger partial charge on any atom is 0.416 e. The highest BCUT2D eigenvalue weighted by molar-refractivity contribution is 6.01. The van der Waals surface area contributed by atoms with Crippen LogP contribution in [-0.4, -0.2) is 18.4 Å². The van der Waals surface area contributed by atoms with E-state index in [1.54, 1.807) is 18.2 Å². The van der Waals surface area contributed by atoms with Crippen LogP contribution in [0.1, 0.15) is 23.1 Å². The van der Waals surface area contributed by atoms with E-state index in [1.807, 2.05) is 0 Å². The highest BCUT2D eigenvalue weighted by atomic mass is 19.4. The Kier molecular flexibility index (Phi) is 5.03. The molecular weight excluding hydrogens is 336 g/mol. The highest BCUT2D eigenvalue weighted by Gasteiger charge is 2.30. The first-order chi connectivity index (χ1) is 11.9. The fourth-order valence-corrected chi connectivity index (χ4v) is 2.59. The Labute approximate surface area is 142 Å². The van der Waals surface area contributed by atoms with Gasteiger partial charge in [-0.2, -0.15) is 13.2 Å². The van der Waals surface area contributed by atoms with Crippen molar-refractivity contribution in [3.8, 4) is 0 Å². The molecule has 1 N–H and O–H groups in total. The minimum Gasteiger partial charge on any atom is -0.390 e. The van der Waals surface area contributed by atoms with Crippen molar-refractivity contribution in [3.05, 3.63) is 71.0 Å². The zero-order valence-electron chi connectivity index (χ0n) is 13.2. The summed E-state index contributed by atoms with van der Waals surface area (Å²) in [6, 6.07) is 11.2. The first-order valence-corrected chi connectivity index (χ1v) is 7.77. The standard InChI is InChI=1S/C18H16F4N2O/c19-15-6-4-13(5-7-15)17-9-16(25-24-17)11-23-10-12-2-1-3-14(8-12)18(20,21)22/h1-8,16,23H,9-11H2/t16-/m1/s1. The fourth-order valence-electron chi connectivity index (χ4n) is 2.59. The molecule has 0 saturated heterocycles. The van der Waals surface area contributed by atoms with Crippen LogP contribution in [0.25, 0.3) is 0 Å². The minimum atomic E-state index is -4.34. The summed E-state index contributed by atoms with van der Waals surface area (Å²) in [5.41, 5.74) is 1.41. The first kappa shape index (κ1) is 17.4. The lowest BCUT2D eigenvalue weighted by molar-refractivity contribution is -0.137. The fraction of sp³-hybridized carbons (Fsp3) is 0.278. The quantitative estimate of drug-likeness (QED) is 0.821. The number of oxime groups is 1. The lowest BCUT2D eigenvalue weighted by atomic mass is 10.0. The topological polar surface area (TPSA) is 33.6 Å². The second-order valence-corrected chi connectivity index (χ2v) is 5.81. The summed E-state index contributed by atoms with van der Waals surface area (Å²) in [5, 5.41) is 7.07. The normalized spacial score (nSPS) is 17.3. The van der Waals surface area contributed by atoms with Crippen molar-refractivity contribution in [3.63, 3.8) is 0 Å². The molecule has 7 heteroatoms. The van der Waals surface area contributed by atoms with Crippen molar-refractivity contribution in [2.75, 3.05) is 6.54 Å². The van der Waals surface area contributed by atoms with Crippen molar-refractivity contribution in [1.29, 1.82) is 0 Å². The van der Waals surface area contributed by atoms with Crippen molar-refractivity contribution in [2.24, 2.45) is 5.16 Å². The third-order valence-electron chi connectivity index (χ3n) is 3.87. The average Bonchev–Trinajstić information content (AvgIpc) is 3.04. The van der Waals surface area contributed by atoms with E-state index >= 15 is 0 Å². The van der Waals surface area contributed by atoms with Crippen LogP contribution in [-0.2, 0) is 17.6 Å². The van der Waals surface area contributed by atoms with Crippen molar-refractivity contribution >= 4 is 5.71 Å². The third kappa shape index (κ3) is 4.57. The van der Waals surface area contributed by atoms with Gasteiger partial charge in [-0.25, -0.2) is 4.39 Å². The SMILES string of the molecule is Fc1ccc(C2=NO[C@@H](CNCc3cccc(C(F)(F)F)c3)C2)cc1. The van der Waals surface area contributed by atoms with Crippen LogP contribution in [0.5, 0.6) is 0 Å². The number of hydrogen-bond acceptors (Lipinski definition) is 3. The molecule has 0 spiro atoms. The van der Waals surface area contributed by atoms with Crippen LogP contribution in [0.4, 0.5) is 17.6 Å². The van der Waals surface area contributed by atoms with E-state index in [1.165, 1.54) is 18.2 Å². The van der Waals surface area contributed by atoms with Crippen molar-refractivity contribution in [1.82, 2.24) is 5.32 Å². The van der Waals surface area contributed by atoms with Gasteiger partial charge < -0.3 is 10.2 Å². The summed E-state index contributed by atoms with van der Waals surface area (Å²) in [6.45, 7) is 0.750. The van der Waals surface area contributed by atoms with Crippen LogP contribution >= 0.6 is 0 Å². The number of nitrogens with one attached hydrogen (secondary N) is 1. The summed E-state index contributed by atoms with van der Waals surface area (Å²) >= 11 is 0. The number of benzene rings is 2. The van der Waals surface area contributed by atoms with E-state index in [4.69, 9.17) is 4.84 Å². The van der Waals surface area contributed by atoms with E-state index in [-0.39, 0.29) is 11.9 Å². The van der Waals surface area contributed by atoms with Gasteiger partial charge in [0.1, 0.15) is 11.9 Å². The monoisotopic (exact) mass is 352 g/mol. The van der Waals surface area contributed by atoms with Crippen LogP contribution in [0.15, 0.2) is 53.7 Å². The van der Waals surface area contributed by atoms with Gasteiger partial charge >= 0.3 is 6.18 Å². The molecule has 0 fully saturated rings. The van der Waals surface area contributed by atoms with E-state index in [0.717, 1.165) is 23.4 Å². The summed E-state index contributed by atoms with van der Waals surface area (Å²) in [4.78, 5) is 5.32. The van der Waals surface area contributed by atoms with Gasteiger partial charge in [-0.3, -0.25) is 0 Å². The van der Waals surface area contributed by atoms with E-state index in [2.05, 4.69) is 10.5 Å². The molecule has 3 nitrogen and oxygen atoms in total. The second kappa shape index (κ2) is 7.23. The largest absolute Gasteiger partial charge is 0.416 e. The van der Waals surface area contributed by atoms with Gasteiger partial charge in [0.25, 0.3) is 0 Å². The predicted octanol–water partition coefficient (Wildman–Crippen LogP) is 4.13. The number of hydrogen-bond donors (Lipinski definition) is 1. The summed E-state index contributed by atoms with van der Waals surface area (Å²) in [7, 11) is 0. The Bertz CT molecular complexity index is 756. The second-order valence-electron chi connectivity index (χ2n) is 5.81. The highest BCUT2D eigenvalue weighted by Crippen LogP contribution is 2.29. The molecule has 3 rings (SSSR count). The molecule has 1 aliphatic heterocycles. The van der Waals surface area contributed by atoms with Gasteiger partial charge in [0, 0.05) is 19.5 Å². The molecule has 1 atom stereocenters. The molecule has 0 unspecified atom stereocenters. The summed E-state index contributed by atoms with van der Waals surface area (Å²) < 4.78 is 51.0. The molecule has 0 radical (unpaired) electrons. The van der Waals surface area contributed by atoms with E-state index < -0.39 is 11.7 Å². The van der Waals surface area contributed by atoms with E-state index in [9.17, 15) is 17.6 Å². The third-order valence-corrected chi connectivity index (χ3v) is 3.87. The summed E-state index contributed by atoms with van der Waals surface area (Å²) in [6.07, 6.45) is -3.99. The number of halogens is 4. The maximum atomic E-state index is 12.9. The Hall–Kier alpha value is -2.41. The molecular formula is C18H16F4N2O. The Morgan fingerprint density at radius 1 is 1.12 bits per heavy atom. The van der Waals surface area contributed by atoms with Gasteiger partial charge in [0.05, 0.1) is 11.3 Å². The first-order valence-electron chi connectivity index (χ1n) is 7.77.